The highest BCUT2D eigenvalue weighted by Crippen LogP contribution is 2.21. The van der Waals surface area contributed by atoms with Gasteiger partial charge in [-0.25, -0.2) is 4.98 Å². The molecule has 0 atom stereocenters. The third-order valence-corrected chi connectivity index (χ3v) is 3.69. The number of nitrogens with zero attached hydrogens (tertiary/aromatic N) is 2. The molecule has 0 aliphatic rings. The molecule has 0 aliphatic carbocycles. The van der Waals surface area contributed by atoms with Crippen molar-refractivity contribution in [3.63, 3.8) is 0 Å². The summed E-state index contributed by atoms with van der Waals surface area (Å²) in [6, 6.07) is 7.87. The Morgan fingerprint density at radius 1 is 1.28 bits per heavy atom. The number of carbonyl (C=O) groups excluding carboxylic acids is 1. The summed E-state index contributed by atoms with van der Waals surface area (Å²) in [6.07, 6.45) is 2.07. The highest BCUT2D eigenvalue weighted by atomic mass is 16.5. The van der Waals surface area contributed by atoms with Gasteiger partial charge in [0.25, 0.3) is 0 Å². The zero-order chi connectivity index (χ0) is 18.2. The number of carboxylic acid groups (broad SMARTS) is 1. The van der Waals surface area contributed by atoms with Crippen molar-refractivity contribution in [1.82, 2.24) is 9.88 Å². The number of hydrogen-bond donors (Lipinski definition) is 1. The number of aryl methyl sites for hydroxylation is 2. The molecule has 25 heavy (non-hydrogen) atoms. The third-order valence-electron chi connectivity index (χ3n) is 3.69. The van der Waals surface area contributed by atoms with Gasteiger partial charge in [0.2, 0.25) is 5.91 Å². The van der Waals surface area contributed by atoms with Crippen LogP contribution in [0.5, 0.6) is 0 Å². The first-order valence-electron chi connectivity index (χ1n) is 8.00. The molecule has 0 bridgehead atoms. The van der Waals surface area contributed by atoms with Crippen molar-refractivity contribution in [3.05, 3.63) is 41.9 Å². The van der Waals surface area contributed by atoms with E-state index >= 15 is 0 Å². The Labute approximate surface area is 146 Å². The first-order chi connectivity index (χ1) is 12.0. The molecule has 2 aromatic rings. The Bertz CT molecular complexity index is 709. The van der Waals surface area contributed by atoms with E-state index in [1.54, 1.807) is 6.20 Å². The molecule has 0 aliphatic heterocycles. The number of aromatic nitrogens is 1. The van der Waals surface area contributed by atoms with E-state index in [9.17, 15) is 9.59 Å². The number of hydrogen-bond acceptors (Lipinski definition) is 5. The van der Waals surface area contributed by atoms with E-state index in [4.69, 9.17) is 14.3 Å². The molecular weight excluding hydrogens is 324 g/mol. The highest BCUT2D eigenvalue weighted by molar-refractivity contribution is 5.81. The van der Waals surface area contributed by atoms with Crippen molar-refractivity contribution in [3.8, 4) is 11.3 Å². The van der Waals surface area contributed by atoms with E-state index in [1.807, 2.05) is 31.2 Å². The highest BCUT2D eigenvalue weighted by Gasteiger charge is 2.17. The molecule has 0 fully saturated rings. The predicted octanol–water partition coefficient (Wildman–Crippen LogP) is 2.14. The van der Waals surface area contributed by atoms with Crippen LogP contribution in [0.15, 0.2) is 34.9 Å². The lowest BCUT2D eigenvalue weighted by Gasteiger charge is -2.19. The fourth-order valence-corrected chi connectivity index (χ4v) is 2.31. The topological polar surface area (TPSA) is 92.9 Å². The second-order valence-electron chi connectivity index (χ2n) is 5.69. The lowest BCUT2D eigenvalue weighted by molar-refractivity contribution is -0.144. The first kappa shape index (κ1) is 18.7. The fourth-order valence-electron chi connectivity index (χ4n) is 2.31. The largest absolute Gasteiger partial charge is 0.480 e. The molecule has 2 rings (SSSR count). The van der Waals surface area contributed by atoms with E-state index in [1.165, 1.54) is 12.0 Å². The van der Waals surface area contributed by atoms with Gasteiger partial charge in [-0.1, -0.05) is 29.8 Å². The van der Waals surface area contributed by atoms with Crippen LogP contribution < -0.4 is 0 Å². The number of benzene rings is 1. The van der Waals surface area contributed by atoms with Gasteiger partial charge in [0.05, 0.1) is 12.8 Å². The average Bonchev–Trinajstić information content (AvgIpc) is 3.05. The first-order valence-corrected chi connectivity index (χ1v) is 8.00. The summed E-state index contributed by atoms with van der Waals surface area (Å²) in [7, 11) is 1.50. The molecule has 134 valence electrons. The number of carbonyl (C=O) groups is 2. The lowest BCUT2D eigenvalue weighted by Crippen LogP contribution is -2.38. The summed E-state index contributed by atoms with van der Waals surface area (Å²) in [6.45, 7) is 2.19. The zero-order valence-electron chi connectivity index (χ0n) is 14.4. The van der Waals surface area contributed by atoms with Gasteiger partial charge in [-0.2, -0.15) is 0 Å². The van der Waals surface area contributed by atoms with Crippen molar-refractivity contribution in [2.45, 2.75) is 19.8 Å². The van der Waals surface area contributed by atoms with Gasteiger partial charge in [0, 0.05) is 32.1 Å². The van der Waals surface area contributed by atoms with E-state index in [2.05, 4.69) is 4.98 Å². The van der Waals surface area contributed by atoms with Gasteiger partial charge in [0.1, 0.15) is 6.54 Å². The number of amides is 1. The molecular formula is C18H22N2O5. The van der Waals surface area contributed by atoms with E-state index < -0.39 is 5.97 Å². The van der Waals surface area contributed by atoms with Crippen LogP contribution in [0.4, 0.5) is 0 Å². The van der Waals surface area contributed by atoms with Crippen molar-refractivity contribution in [2.75, 3.05) is 26.8 Å². The maximum atomic E-state index is 12.2. The molecule has 1 aromatic carbocycles. The SMILES string of the molecule is COCCN(CC(=O)O)C(=O)CCc1ncc(-c2ccc(C)cc2)o1. The number of oxazole rings is 1. The van der Waals surface area contributed by atoms with Crippen LogP contribution >= 0.6 is 0 Å². The van der Waals surface area contributed by atoms with Crippen molar-refractivity contribution in [2.24, 2.45) is 0 Å². The molecule has 7 nitrogen and oxygen atoms in total. The van der Waals surface area contributed by atoms with E-state index in [0.717, 1.165) is 11.1 Å². The van der Waals surface area contributed by atoms with Crippen molar-refractivity contribution >= 4 is 11.9 Å². The van der Waals surface area contributed by atoms with Crippen LogP contribution in [0.25, 0.3) is 11.3 Å². The Kier molecular flexibility index (Phi) is 6.71. The monoisotopic (exact) mass is 346 g/mol. The summed E-state index contributed by atoms with van der Waals surface area (Å²) in [5, 5.41) is 8.90. The quantitative estimate of drug-likeness (QED) is 0.748. The normalized spacial score (nSPS) is 10.6. The number of methoxy groups -OCH3 is 1. The van der Waals surface area contributed by atoms with Gasteiger partial charge in [-0.15, -0.1) is 0 Å². The smallest absolute Gasteiger partial charge is 0.323 e. The second kappa shape index (κ2) is 8.98. The Balaban J connectivity index is 1.94. The minimum Gasteiger partial charge on any atom is -0.480 e. The van der Waals surface area contributed by atoms with Crippen LogP contribution in [-0.2, 0) is 20.7 Å². The van der Waals surface area contributed by atoms with Crippen LogP contribution in [0.1, 0.15) is 17.9 Å². The molecule has 0 radical (unpaired) electrons. The van der Waals surface area contributed by atoms with Crippen LogP contribution in [0, 0.1) is 6.92 Å². The Morgan fingerprint density at radius 3 is 2.64 bits per heavy atom. The summed E-state index contributed by atoms with van der Waals surface area (Å²) in [5.41, 5.74) is 2.08. The van der Waals surface area contributed by atoms with Gasteiger partial charge in [0.15, 0.2) is 11.7 Å². The van der Waals surface area contributed by atoms with Crippen LogP contribution in [-0.4, -0.2) is 53.7 Å². The average molecular weight is 346 g/mol. The molecule has 1 amide bonds. The fraction of sp³-hybridized carbons (Fsp3) is 0.389. The number of ether oxygens (including phenoxy) is 1. The van der Waals surface area contributed by atoms with Gasteiger partial charge < -0.3 is 19.2 Å². The molecule has 0 unspecified atom stereocenters. The minimum absolute atomic E-state index is 0.130. The van der Waals surface area contributed by atoms with Crippen molar-refractivity contribution < 1.29 is 23.8 Å². The summed E-state index contributed by atoms with van der Waals surface area (Å²) < 4.78 is 10.6. The third kappa shape index (κ3) is 5.72. The van der Waals surface area contributed by atoms with Gasteiger partial charge in [-0.3, -0.25) is 9.59 Å². The molecule has 7 heteroatoms. The van der Waals surface area contributed by atoms with Gasteiger partial charge in [-0.05, 0) is 6.92 Å². The van der Waals surface area contributed by atoms with E-state index in [-0.39, 0.29) is 32.0 Å². The number of carboxylic acids is 1. The summed E-state index contributed by atoms with van der Waals surface area (Å²) >= 11 is 0. The van der Waals surface area contributed by atoms with E-state index in [0.29, 0.717) is 18.1 Å². The van der Waals surface area contributed by atoms with Crippen LogP contribution in [0.3, 0.4) is 0 Å². The summed E-state index contributed by atoms with van der Waals surface area (Å²) in [4.78, 5) is 28.5. The molecule has 0 saturated heterocycles. The standard InChI is InChI=1S/C18H22N2O5/c1-13-3-5-14(6-4-13)15-11-19-16(25-15)7-8-17(21)20(9-10-24-2)12-18(22)23/h3-6,11H,7-10,12H2,1-2H3,(H,22,23). The molecule has 1 N–H and O–H groups in total. The van der Waals surface area contributed by atoms with Crippen molar-refractivity contribution in [1.29, 1.82) is 0 Å². The molecule has 1 aromatic heterocycles. The summed E-state index contributed by atoms with van der Waals surface area (Å²) in [5.74, 6) is -0.230. The number of aliphatic carboxylic acids is 1. The van der Waals surface area contributed by atoms with Gasteiger partial charge >= 0.3 is 5.97 Å². The molecule has 0 spiro atoms. The predicted molar refractivity (Wildman–Crippen MR) is 91.1 cm³/mol. The number of rotatable bonds is 9. The maximum absolute atomic E-state index is 12.2. The minimum atomic E-state index is -1.05. The molecule has 1 heterocycles. The second-order valence-corrected chi connectivity index (χ2v) is 5.69. The Hall–Kier alpha value is -2.67. The zero-order valence-corrected chi connectivity index (χ0v) is 14.4. The maximum Gasteiger partial charge on any atom is 0.323 e. The van der Waals surface area contributed by atoms with Crippen LogP contribution in [0.2, 0.25) is 0 Å². The lowest BCUT2D eigenvalue weighted by atomic mass is 10.1. The Morgan fingerprint density at radius 2 is 2.00 bits per heavy atom. The molecule has 0 saturated carbocycles.